The smallest absolute Gasteiger partial charge is 0.221 e. The van der Waals surface area contributed by atoms with Gasteiger partial charge in [0.25, 0.3) is 0 Å². The third-order valence-corrected chi connectivity index (χ3v) is 2.75. The first-order valence-corrected chi connectivity index (χ1v) is 7.33. The summed E-state index contributed by atoms with van der Waals surface area (Å²) in [6, 6.07) is 9.80. The van der Waals surface area contributed by atoms with E-state index in [2.05, 4.69) is 24.5 Å². The number of hydrogen-bond acceptors (Lipinski definition) is 3. The molecule has 1 amide bonds. The largest absolute Gasteiger partial charge is 0.494 e. The van der Waals surface area contributed by atoms with E-state index in [1.807, 2.05) is 30.3 Å². The molecule has 0 saturated heterocycles. The Morgan fingerprint density at radius 1 is 1.20 bits per heavy atom. The average molecular weight is 278 g/mol. The Labute approximate surface area is 121 Å². The molecule has 0 atom stereocenters. The van der Waals surface area contributed by atoms with Gasteiger partial charge in [0, 0.05) is 19.5 Å². The molecule has 0 heterocycles. The Morgan fingerprint density at radius 3 is 2.65 bits per heavy atom. The predicted octanol–water partition coefficient (Wildman–Crippen LogP) is 2.21. The first-order valence-electron chi connectivity index (χ1n) is 7.33. The molecular weight excluding hydrogens is 252 g/mol. The van der Waals surface area contributed by atoms with E-state index in [0.29, 0.717) is 18.9 Å². The molecule has 0 unspecified atom stereocenters. The molecular formula is C16H26N2O2. The van der Waals surface area contributed by atoms with Crippen LogP contribution >= 0.6 is 0 Å². The van der Waals surface area contributed by atoms with Crippen molar-refractivity contribution in [3.8, 4) is 5.75 Å². The second-order valence-corrected chi connectivity index (χ2v) is 5.21. The number of para-hydroxylation sites is 1. The summed E-state index contributed by atoms with van der Waals surface area (Å²) in [7, 11) is 0. The van der Waals surface area contributed by atoms with Crippen LogP contribution in [-0.2, 0) is 4.79 Å². The van der Waals surface area contributed by atoms with Crippen molar-refractivity contribution >= 4 is 5.91 Å². The van der Waals surface area contributed by atoms with Crippen LogP contribution in [0.15, 0.2) is 30.3 Å². The van der Waals surface area contributed by atoms with E-state index in [1.54, 1.807) is 0 Å². The van der Waals surface area contributed by atoms with Gasteiger partial charge in [0.2, 0.25) is 5.91 Å². The van der Waals surface area contributed by atoms with Crippen molar-refractivity contribution in [3.05, 3.63) is 30.3 Å². The Morgan fingerprint density at radius 2 is 1.95 bits per heavy atom. The van der Waals surface area contributed by atoms with Gasteiger partial charge >= 0.3 is 0 Å². The van der Waals surface area contributed by atoms with Gasteiger partial charge in [-0.1, -0.05) is 32.0 Å². The molecule has 4 nitrogen and oxygen atoms in total. The van der Waals surface area contributed by atoms with E-state index in [0.717, 1.165) is 31.8 Å². The third-order valence-electron chi connectivity index (χ3n) is 2.75. The number of amides is 1. The minimum absolute atomic E-state index is 0.117. The van der Waals surface area contributed by atoms with Gasteiger partial charge in [0.15, 0.2) is 0 Å². The zero-order valence-electron chi connectivity index (χ0n) is 12.5. The van der Waals surface area contributed by atoms with E-state index in [-0.39, 0.29) is 5.91 Å². The second kappa shape index (κ2) is 10.3. The maximum absolute atomic E-state index is 11.4. The molecule has 0 aliphatic carbocycles. The Kier molecular flexibility index (Phi) is 8.47. The normalized spacial score (nSPS) is 10.6. The van der Waals surface area contributed by atoms with E-state index >= 15 is 0 Å². The highest BCUT2D eigenvalue weighted by molar-refractivity contribution is 5.76. The molecule has 2 N–H and O–H groups in total. The minimum atomic E-state index is 0.117. The fourth-order valence-electron chi connectivity index (χ4n) is 1.64. The van der Waals surface area contributed by atoms with Crippen molar-refractivity contribution in [2.24, 2.45) is 5.92 Å². The van der Waals surface area contributed by atoms with Gasteiger partial charge in [0.1, 0.15) is 5.75 Å². The van der Waals surface area contributed by atoms with Crippen LogP contribution < -0.4 is 15.4 Å². The molecule has 0 fully saturated rings. The molecule has 20 heavy (non-hydrogen) atoms. The lowest BCUT2D eigenvalue weighted by Gasteiger charge is -2.09. The summed E-state index contributed by atoms with van der Waals surface area (Å²) in [5, 5.41) is 6.15. The molecule has 0 saturated carbocycles. The summed E-state index contributed by atoms with van der Waals surface area (Å²) in [5.74, 6) is 1.52. The molecule has 1 aromatic rings. The van der Waals surface area contributed by atoms with Crippen molar-refractivity contribution in [1.82, 2.24) is 10.6 Å². The van der Waals surface area contributed by atoms with Gasteiger partial charge in [-0.05, 0) is 31.0 Å². The summed E-state index contributed by atoms with van der Waals surface area (Å²) in [6.45, 7) is 7.20. The molecule has 0 radical (unpaired) electrons. The zero-order chi connectivity index (χ0) is 14.6. The van der Waals surface area contributed by atoms with Gasteiger partial charge in [-0.15, -0.1) is 0 Å². The fraction of sp³-hybridized carbons (Fsp3) is 0.562. The Balaban J connectivity index is 1.91. The lowest BCUT2D eigenvalue weighted by atomic mass is 10.2. The number of rotatable bonds is 10. The van der Waals surface area contributed by atoms with E-state index in [9.17, 15) is 4.79 Å². The van der Waals surface area contributed by atoms with Crippen LogP contribution in [0.2, 0.25) is 0 Å². The summed E-state index contributed by atoms with van der Waals surface area (Å²) in [6.07, 6.45) is 1.47. The topological polar surface area (TPSA) is 50.4 Å². The summed E-state index contributed by atoms with van der Waals surface area (Å²) in [5.41, 5.74) is 0. The van der Waals surface area contributed by atoms with Crippen LogP contribution in [0.25, 0.3) is 0 Å². The van der Waals surface area contributed by atoms with Crippen molar-refractivity contribution < 1.29 is 9.53 Å². The number of carbonyl (C=O) groups is 1. The van der Waals surface area contributed by atoms with E-state index in [1.165, 1.54) is 0 Å². The van der Waals surface area contributed by atoms with Crippen molar-refractivity contribution in [2.75, 3.05) is 26.2 Å². The highest BCUT2D eigenvalue weighted by atomic mass is 16.5. The summed E-state index contributed by atoms with van der Waals surface area (Å²) < 4.78 is 5.58. The Bertz CT molecular complexity index is 366. The Hall–Kier alpha value is -1.55. The van der Waals surface area contributed by atoms with Gasteiger partial charge < -0.3 is 15.4 Å². The first-order chi connectivity index (χ1) is 9.68. The highest BCUT2D eigenvalue weighted by Gasteiger charge is 2.01. The number of carbonyl (C=O) groups excluding carboxylic acids is 1. The van der Waals surface area contributed by atoms with Gasteiger partial charge in [0.05, 0.1) is 6.61 Å². The standard InChI is InChI=1S/C16H26N2O2/c1-14(2)13-18-16(19)9-11-17-10-6-12-20-15-7-4-3-5-8-15/h3-5,7-8,14,17H,6,9-13H2,1-2H3,(H,18,19). The monoisotopic (exact) mass is 278 g/mol. The molecule has 0 aliphatic heterocycles. The molecule has 4 heteroatoms. The number of nitrogens with one attached hydrogen (secondary N) is 2. The maximum Gasteiger partial charge on any atom is 0.221 e. The van der Waals surface area contributed by atoms with Crippen LogP contribution in [-0.4, -0.2) is 32.1 Å². The van der Waals surface area contributed by atoms with Crippen LogP contribution in [0.3, 0.4) is 0 Å². The van der Waals surface area contributed by atoms with Gasteiger partial charge in [-0.3, -0.25) is 4.79 Å². The molecule has 0 aromatic heterocycles. The van der Waals surface area contributed by atoms with Crippen LogP contribution in [0.4, 0.5) is 0 Å². The van der Waals surface area contributed by atoms with Crippen LogP contribution in [0.1, 0.15) is 26.7 Å². The van der Waals surface area contributed by atoms with Crippen LogP contribution in [0, 0.1) is 5.92 Å². The molecule has 112 valence electrons. The average Bonchev–Trinajstić information content (AvgIpc) is 2.45. The minimum Gasteiger partial charge on any atom is -0.494 e. The number of benzene rings is 1. The van der Waals surface area contributed by atoms with Gasteiger partial charge in [-0.25, -0.2) is 0 Å². The first kappa shape index (κ1) is 16.5. The van der Waals surface area contributed by atoms with E-state index in [4.69, 9.17) is 4.74 Å². The highest BCUT2D eigenvalue weighted by Crippen LogP contribution is 2.07. The summed E-state index contributed by atoms with van der Waals surface area (Å²) >= 11 is 0. The molecule has 0 aliphatic rings. The zero-order valence-corrected chi connectivity index (χ0v) is 12.5. The quantitative estimate of drug-likeness (QED) is 0.645. The summed E-state index contributed by atoms with van der Waals surface area (Å²) in [4.78, 5) is 11.4. The van der Waals surface area contributed by atoms with Crippen molar-refractivity contribution in [1.29, 1.82) is 0 Å². The molecule has 0 spiro atoms. The third kappa shape index (κ3) is 8.53. The van der Waals surface area contributed by atoms with Gasteiger partial charge in [-0.2, -0.15) is 0 Å². The molecule has 0 bridgehead atoms. The maximum atomic E-state index is 11.4. The SMILES string of the molecule is CC(C)CNC(=O)CCNCCCOc1ccccc1. The van der Waals surface area contributed by atoms with Crippen molar-refractivity contribution in [2.45, 2.75) is 26.7 Å². The molecule has 1 rings (SSSR count). The van der Waals surface area contributed by atoms with Crippen LogP contribution in [0.5, 0.6) is 5.75 Å². The molecule has 1 aromatic carbocycles. The second-order valence-electron chi connectivity index (χ2n) is 5.21. The number of hydrogen-bond donors (Lipinski definition) is 2. The van der Waals surface area contributed by atoms with E-state index < -0.39 is 0 Å². The predicted molar refractivity (Wildman–Crippen MR) is 81.9 cm³/mol. The van der Waals surface area contributed by atoms with Crippen molar-refractivity contribution in [3.63, 3.8) is 0 Å². The lowest BCUT2D eigenvalue weighted by molar-refractivity contribution is -0.121. The number of ether oxygens (including phenoxy) is 1. The fourth-order valence-corrected chi connectivity index (χ4v) is 1.64. The lowest BCUT2D eigenvalue weighted by Crippen LogP contribution is -2.30.